The first-order chi connectivity index (χ1) is 10.5. The summed E-state index contributed by atoms with van der Waals surface area (Å²) in [6.07, 6.45) is 8.97. The van der Waals surface area contributed by atoms with Gasteiger partial charge in [-0.2, -0.15) is 0 Å². The van der Waals surface area contributed by atoms with Gasteiger partial charge in [-0.1, -0.05) is 12.1 Å². The average molecular weight is 359 g/mol. The van der Waals surface area contributed by atoms with Gasteiger partial charge in [-0.15, -0.1) is 12.4 Å². The van der Waals surface area contributed by atoms with E-state index in [4.69, 9.17) is 0 Å². The van der Waals surface area contributed by atoms with Crippen LogP contribution in [0.25, 0.3) is 0 Å². The zero-order valence-corrected chi connectivity index (χ0v) is 15.3. The van der Waals surface area contributed by atoms with E-state index in [9.17, 15) is 8.42 Å². The summed E-state index contributed by atoms with van der Waals surface area (Å²) in [5, 5.41) is 0. The van der Waals surface area contributed by atoms with Crippen LogP contribution in [0, 0.1) is 5.92 Å². The number of benzene rings is 1. The molecule has 1 aromatic carbocycles. The molecule has 3 saturated heterocycles. The molecule has 4 nitrogen and oxygen atoms in total. The Labute approximate surface area is 146 Å². The van der Waals surface area contributed by atoms with Crippen molar-refractivity contribution in [3.63, 3.8) is 0 Å². The molecule has 1 unspecified atom stereocenters. The third-order valence-corrected chi connectivity index (χ3v) is 5.64. The van der Waals surface area contributed by atoms with Crippen molar-refractivity contribution >= 4 is 28.1 Å². The number of hydrogen-bond acceptors (Lipinski definition) is 3. The Morgan fingerprint density at radius 2 is 1.83 bits per heavy atom. The topological polar surface area (TPSA) is 49.4 Å². The minimum absolute atomic E-state index is 0. The van der Waals surface area contributed by atoms with E-state index >= 15 is 0 Å². The maximum atomic E-state index is 11.2. The minimum atomic E-state index is -3.18. The lowest BCUT2D eigenvalue weighted by atomic mass is 9.81. The van der Waals surface area contributed by atoms with E-state index in [1.54, 1.807) is 0 Å². The molecule has 6 heteroatoms. The molecular formula is C17H27ClN2O2S. The molecule has 0 amide bonds. The number of halogens is 1. The number of anilines is 1. The van der Waals surface area contributed by atoms with Crippen molar-refractivity contribution in [2.75, 3.05) is 24.1 Å². The molecule has 3 aliphatic heterocycles. The highest BCUT2D eigenvalue weighted by Gasteiger charge is 2.32. The number of piperidine rings is 3. The molecule has 1 atom stereocenters. The van der Waals surface area contributed by atoms with Crippen molar-refractivity contribution in [1.82, 2.24) is 4.90 Å². The summed E-state index contributed by atoms with van der Waals surface area (Å²) in [5.74, 6) is 0.983. The molecule has 1 N–H and O–H groups in total. The molecule has 4 rings (SSSR count). The smallest absolute Gasteiger partial charge is 0.229 e. The van der Waals surface area contributed by atoms with Crippen LogP contribution in [0.1, 0.15) is 37.7 Å². The molecular weight excluding hydrogens is 332 g/mol. The summed E-state index contributed by atoms with van der Waals surface area (Å²) in [4.78, 5) is 2.68. The van der Waals surface area contributed by atoms with Crippen LogP contribution >= 0.6 is 12.4 Å². The van der Waals surface area contributed by atoms with E-state index in [-0.39, 0.29) is 12.4 Å². The summed E-state index contributed by atoms with van der Waals surface area (Å²) >= 11 is 0. The quantitative estimate of drug-likeness (QED) is 0.848. The van der Waals surface area contributed by atoms with Gasteiger partial charge in [0.15, 0.2) is 0 Å². The number of fused-ring (bicyclic) bond motifs is 3. The fraction of sp³-hybridized carbons (Fsp3) is 0.647. The normalized spacial score (nSPS) is 26.6. The Morgan fingerprint density at radius 3 is 2.35 bits per heavy atom. The van der Waals surface area contributed by atoms with Gasteiger partial charge in [-0.05, 0) is 75.2 Å². The summed E-state index contributed by atoms with van der Waals surface area (Å²) in [5.41, 5.74) is 1.93. The highest BCUT2D eigenvalue weighted by atomic mass is 35.5. The van der Waals surface area contributed by atoms with Gasteiger partial charge < -0.3 is 4.90 Å². The number of aryl methyl sites for hydroxylation is 1. The molecule has 3 heterocycles. The fourth-order valence-corrected chi connectivity index (χ4v) is 4.45. The SMILES string of the molecule is CS(=O)(=O)Nc1ccc(CCCC2CC3CCN2CC3)cc1.Cl. The van der Waals surface area contributed by atoms with E-state index in [1.807, 2.05) is 24.3 Å². The molecule has 2 bridgehead atoms. The van der Waals surface area contributed by atoms with Gasteiger partial charge >= 0.3 is 0 Å². The van der Waals surface area contributed by atoms with E-state index in [0.29, 0.717) is 5.69 Å². The average Bonchev–Trinajstić information content (AvgIpc) is 2.49. The second kappa shape index (κ2) is 7.86. The van der Waals surface area contributed by atoms with Crippen LogP contribution in [-0.4, -0.2) is 38.7 Å². The Hall–Kier alpha value is -0.780. The predicted octanol–water partition coefficient (Wildman–Crippen LogP) is 3.29. The van der Waals surface area contributed by atoms with Gasteiger partial charge in [0.2, 0.25) is 10.0 Å². The Bertz CT molecular complexity index is 596. The lowest BCUT2D eigenvalue weighted by Gasteiger charge is -2.45. The van der Waals surface area contributed by atoms with Crippen LogP contribution in [0.15, 0.2) is 24.3 Å². The molecule has 130 valence electrons. The van der Waals surface area contributed by atoms with Gasteiger partial charge in [0.1, 0.15) is 0 Å². The first kappa shape index (κ1) is 18.6. The predicted molar refractivity (Wildman–Crippen MR) is 97.8 cm³/mol. The number of nitrogens with one attached hydrogen (secondary N) is 1. The highest BCUT2D eigenvalue weighted by molar-refractivity contribution is 7.92. The molecule has 1 aromatic rings. The first-order valence-electron chi connectivity index (χ1n) is 8.30. The third-order valence-electron chi connectivity index (χ3n) is 5.03. The van der Waals surface area contributed by atoms with E-state index in [2.05, 4.69) is 9.62 Å². The molecule has 0 spiro atoms. The van der Waals surface area contributed by atoms with Gasteiger partial charge in [0, 0.05) is 11.7 Å². The van der Waals surface area contributed by atoms with Crippen molar-refractivity contribution in [3.8, 4) is 0 Å². The van der Waals surface area contributed by atoms with Gasteiger partial charge in [-0.25, -0.2) is 8.42 Å². The molecule has 23 heavy (non-hydrogen) atoms. The molecule has 0 saturated carbocycles. The zero-order valence-electron chi connectivity index (χ0n) is 13.7. The molecule has 0 radical (unpaired) electrons. The van der Waals surface area contributed by atoms with Crippen molar-refractivity contribution in [3.05, 3.63) is 29.8 Å². The Balaban J connectivity index is 0.00000192. The van der Waals surface area contributed by atoms with Crippen molar-refractivity contribution in [1.29, 1.82) is 0 Å². The van der Waals surface area contributed by atoms with E-state index in [0.717, 1.165) is 18.4 Å². The number of rotatable bonds is 6. The number of hydrogen-bond donors (Lipinski definition) is 1. The fourth-order valence-electron chi connectivity index (χ4n) is 3.88. The van der Waals surface area contributed by atoms with Gasteiger partial charge in [0.25, 0.3) is 0 Å². The lowest BCUT2D eigenvalue weighted by Crippen LogP contribution is -2.48. The summed E-state index contributed by atoms with van der Waals surface area (Å²) in [7, 11) is -3.18. The van der Waals surface area contributed by atoms with Crippen LogP contribution in [0.3, 0.4) is 0 Å². The first-order valence-corrected chi connectivity index (χ1v) is 10.2. The second-order valence-electron chi connectivity index (χ2n) is 6.83. The van der Waals surface area contributed by atoms with E-state index in [1.165, 1.54) is 57.0 Å². The van der Waals surface area contributed by atoms with E-state index < -0.39 is 10.0 Å². The summed E-state index contributed by atoms with van der Waals surface area (Å²) in [6, 6.07) is 8.56. The number of nitrogens with zero attached hydrogens (tertiary/aromatic N) is 1. The minimum Gasteiger partial charge on any atom is -0.300 e. The monoisotopic (exact) mass is 358 g/mol. The van der Waals surface area contributed by atoms with Crippen molar-refractivity contribution < 1.29 is 8.42 Å². The van der Waals surface area contributed by atoms with Crippen LogP contribution in [-0.2, 0) is 16.4 Å². The van der Waals surface area contributed by atoms with Crippen LogP contribution in [0.2, 0.25) is 0 Å². The van der Waals surface area contributed by atoms with Crippen molar-refractivity contribution in [2.45, 2.75) is 44.6 Å². The second-order valence-corrected chi connectivity index (χ2v) is 8.58. The zero-order chi connectivity index (χ0) is 15.6. The lowest BCUT2D eigenvalue weighted by molar-refractivity contribution is 0.0442. The molecule has 0 aliphatic carbocycles. The molecule has 0 aromatic heterocycles. The number of sulfonamides is 1. The Morgan fingerprint density at radius 1 is 1.17 bits per heavy atom. The van der Waals surface area contributed by atoms with Gasteiger partial charge in [0.05, 0.1) is 6.26 Å². The van der Waals surface area contributed by atoms with Gasteiger partial charge in [-0.3, -0.25) is 4.72 Å². The highest BCUT2D eigenvalue weighted by Crippen LogP contribution is 2.33. The van der Waals surface area contributed by atoms with Crippen LogP contribution in [0.5, 0.6) is 0 Å². The maximum Gasteiger partial charge on any atom is 0.229 e. The largest absolute Gasteiger partial charge is 0.300 e. The summed E-state index contributed by atoms with van der Waals surface area (Å²) < 4.78 is 24.9. The molecule has 3 fully saturated rings. The molecule has 3 aliphatic rings. The summed E-state index contributed by atoms with van der Waals surface area (Å²) in [6.45, 7) is 2.61. The Kier molecular flexibility index (Phi) is 6.34. The maximum absolute atomic E-state index is 11.2. The third kappa shape index (κ3) is 5.37. The van der Waals surface area contributed by atoms with Crippen LogP contribution in [0.4, 0.5) is 5.69 Å². The van der Waals surface area contributed by atoms with Crippen LogP contribution < -0.4 is 4.72 Å². The standard InChI is InChI=1S/C17H26N2O2S.ClH/c1-22(20,21)18-16-7-5-14(6-8-16)3-2-4-17-13-15-9-11-19(17)12-10-15;/h5-8,15,17-18H,2-4,9-13H2,1H3;1H. The van der Waals surface area contributed by atoms with Crippen molar-refractivity contribution in [2.24, 2.45) is 5.92 Å².